The molecule has 1 aromatic heterocycles. The molecule has 1 saturated heterocycles. The number of pyridine rings is 1. The summed E-state index contributed by atoms with van der Waals surface area (Å²) in [5.41, 5.74) is 1.09. The molecule has 1 aliphatic heterocycles. The normalized spacial score (nSPS) is 25.4. The lowest BCUT2D eigenvalue weighted by atomic mass is 9.96. The van der Waals surface area contributed by atoms with Crippen LogP contribution in [0.4, 0.5) is 0 Å². The topological polar surface area (TPSA) is 30.0 Å². The van der Waals surface area contributed by atoms with Gasteiger partial charge in [0.2, 0.25) is 0 Å². The van der Waals surface area contributed by atoms with E-state index in [9.17, 15) is 4.79 Å². The van der Waals surface area contributed by atoms with Crippen molar-refractivity contribution in [3.8, 4) is 0 Å². The summed E-state index contributed by atoms with van der Waals surface area (Å²) < 4.78 is -0.218. The van der Waals surface area contributed by atoms with Crippen LogP contribution in [0.25, 0.3) is 0 Å². The molecule has 4 heteroatoms. The van der Waals surface area contributed by atoms with E-state index < -0.39 is 0 Å². The predicted octanol–water partition coefficient (Wildman–Crippen LogP) is 2.74. The molecule has 80 valence electrons. The van der Waals surface area contributed by atoms with Crippen LogP contribution in [-0.4, -0.2) is 21.8 Å². The molecule has 0 aromatic carbocycles. The van der Waals surface area contributed by atoms with Crippen LogP contribution in [0.5, 0.6) is 0 Å². The van der Waals surface area contributed by atoms with Gasteiger partial charge in [-0.1, -0.05) is 11.6 Å². The first kappa shape index (κ1) is 11.0. The van der Waals surface area contributed by atoms with E-state index in [2.05, 4.69) is 4.98 Å². The molecule has 1 aromatic rings. The van der Waals surface area contributed by atoms with Crippen LogP contribution in [-0.2, 0) is 11.2 Å². The second-order valence-corrected chi connectivity index (χ2v) is 5.70. The Morgan fingerprint density at radius 2 is 2.53 bits per heavy atom. The molecule has 1 atom stereocenters. The molecule has 1 unspecified atom stereocenters. The number of carbonyl (C=O) groups excluding carboxylic acids is 1. The van der Waals surface area contributed by atoms with Crippen LogP contribution >= 0.6 is 23.4 Å². The van der Waals surface area contributed by atoms with Crippen LogP contribution in [0.2, 0.25) is 5.15 Å². The van der Waals surface area contributed by atoms with Gasteiger partial charge in [0.25, 0.3) is 0 Å². The second kappa shape index (κ2) is 4.54. The maximum atomic E-state index is 11.1. The van der Waals surface area contributed by atoms with Gasteiger partial charge < -0.3 is 4.79 Å². The summed E-state index contributed by atoms with van der Waals surface area (Å²) in [6.45, 7) is 0. The molecule has 15 heavy (non-hydrogen) atoms. The highest BCUT2D eigenvalue weighted by molar-refractivity contribution is 8.01. The number of nitrogens with zero attached hydrogens (tertiary/aromatic N) is 1. The van der Waals surface area contributed by atoms with Gasteiger partial charge in [-0.25, -0.2) is 4.98 Å². The lowest BCUT2D eigenvalue weighted by Gasteiger charge is -2.20. The quantitative estimate of drug-likeness (QED) is 0.602. The highest BCUT2D eigenvalue weighted by Gasteiger charge is 2.34. The van der Waals surface area contributed by atoms with E-state index in [1.807, 2.05) is 12.1 Å². The average Bonchev–Trinajstić information content (AvgIpc) is 2.67. The molecule has 0 N–H and O–H groups in total. The van der Waals surface area contributed by atoms with Crippen molar-refractivity contribution in [1.29, 1.82) is 0 Å². The summed E-state index contributed by atoms with van der Waals surface area (Å²) in [6.07, 6.45) is 5.65. The van der Waals surface area contributed by atoms with Gasteiger partial charge >= 0.3 is 0 Å². The smallest absolute Gasteiger partial charge is 0.136 e. The molecule has 2 nitrogen and oxygen atoms in total. The molecule has 2 heterocycles. The second-order valence-electron chi connectivity index (χ2n) is 3.80. The fourth-order valence-electron chi connectivity index (χ4n) is 1.89. The fraction of sp³-hybridized carbons (Fsp3) is 0.455. The Morgan fingerprint density at radius 1 is 1.67 bits per heavy atom. The van der Waals surface area contributed by atoms with Gasteiger partial charge in [-0.15, -0.1) is 11.8 Å². The van der Waals surface area contributed by atoms with Crippen molar-refractivity contribution in [3.63, 3.8) is 0 Å². The third-order valence-corrected chi connectivity index (χ3v) is 4.36. The van der Waals surface area contributed by atoms with Gasteiger partial charge in [0.1, 0.15) is 11.4 Å². The summed E-state index contributed by atoms with van der Waals surface area (Å²) in [7, 11) is 0. The minimum absolute atomic E-state index is 0.218. The van der Waals surface area contributed by atoms with E-state index in [0.29, 0.717) is 5.15 Å². The molecule has 2 rings (SSSR count). The van der Waals surface area contributed by atoms with Crippen molar-refractivity contribution < 1.29 is 4.79 Å². The molecule has 0 saturated carbocycles. The summed E-state index contributed by atoms with van der Waals surface area (Å²) in [5, 5.41) is 0.497. The largest absolute Gasteiger partial charge is 0.302 e. The van der Waals surface area contributed by atoms with Gasteiger partial charge in [0.15, 0.2) is 0 Å². The van der Waals surface area contributed by atoms with Crippen molar-refractivity contribution in [2.24, 2.45) is 0 Å². The van der Waals surface area contributed by atoms with E-state index in [1.54, 1.807) is 18.0 Å². The standard InChI is InChI=1S/C11H12ClNOS/c12-10-6-9(2-4-13-10)7-11(8-14)3-1-5-15-11/h2,4,6,8H,1,3,5,7H2. The zero-order valence-electron chi connectivity index (χ0n) is 8.28. The monoisotopic (exact) mass is 241 g/mol. The number of aldehydes is 1. The van der Waals surface area contributed by atoms with Crippen molar-refractivity contribution in [1.82, 2.24) is 4.98 Å². The summed E-state index contributed by atoms with van der Waals surface area (Å²) in [5.74, 6) is 1.08. The van der Waals surface area contributed by atoms with Gasteiger partial charge in [-0.05, 0) is 42.7 Å². The number of aromatic nitrogens is 1. The zero-order valence-corrected chi connectivity index (χ0v) is 9.85. The highest BCUT2D eigenvalue weighted by atomic mass is 35.5. The van der Waals surface area contributed by atoms with Crippen molar-refractivity contribution in [3.05, 3.63) is 29.0 Å². The molecule has 0 spiro atoms. The van der Waals surface area contributed by atoms with E-state index in [4.69, 9.17) is 11.6 Å². The SMILES string of the molecule is O=CC1(Cc2ccnc(Cl)c2)CCCS1. The van der Waals surface area contributed by atoms with Crippen molar-refractivity contribution >= 4 is 29.6 Å². The molecular weight excluding hydrogens is 230 g/mol. The molecule has 0 amide bonds. The number of rotatable bonds is 3. The Hall–Kier alpha value is -0.540. The van der Waals surface area contributed by atoms with E-state index in [1.165, 1.54) is 0 Å². The summed E-state index contributed by atoms with van der Waals surface area (Å²) in [6, 6.07) is 3.77. The first-order chi connectivity index (χ1) is 7.24. The van der Waals surface area contributed by atoms with E-state index in [0.717, 1.165) is 36.9 Å². The maximum absolute atomic E-state index is 11.1. The number of hydrogen-bond donors (Lipinski definition) is 0. The number of hydrogen-bond acceptors (Lipinski definition) is 3. The molecule has 0 radical (unpaired) electrons. The van der Waals surface area contributed by atoms with E-state index >= 15 is 0 Å². The number of halogens is 1. The van der Waals surface area contributed by atoms with Crippen LogP contribution in [0.15, 0.2) is 18.3 Å². The van der Waals surface area contributed by atoms with Gasteiger partial charge in [0.05, 0.1) is 4.75 Å². The van der Waals surface area contributed by atoms with Gasteiger partial charge in [0, 0.05) is 6.20 Å². The first-order valence-electron chi connectivity index (χ1n) is 4.95. The maximum Gasteiger partial charge on any atom is 0.136 e. The predicted molar refractivity (Wildman–Crippen MR) is 63.4 cm³/mol. The Labute approximate surface area is 98.4 Å². The molecule has 1 aliphatic rings. The molecule has 0 aliphatic carbocycles. The summed E-state index contributed by atoms with van der Waals surface area (Å²) in [4.78, 5) is 15.1. The molecule has 0 bridgehead atoms. The Kier molecular flexibility index (Phi) is 3.32. The molecular formula is C11H12ClNOS. The lowest BCUT2D eigenvalue weighted by Crippen LogP contribution is -2.26. The third-order valence-electron chi connectivity index (χ3n) is 2.64. The van der Waals surface area contributed by atoms with Crippen molar-refractivity contribution in [2.45, 2.75) is 24.0 Å². The fourth-order valence-corrected chi connectivity index (χ4v) is 3.41. The molecule has 1 fully saturated rings. The van der Waals surface area contributed by atoms with Crippen LogP contribution in [0.1, 0.15) is 18.4 Å². The van der Waals surface area contributed by atoms with Crippen molar-refractivity contribution in [2.75, 3.05) is 5.75 Å². The third kappa shape index (κ3) is 2.52. The average molecular weight is 242 g/mol. The Balaban J connectivity index is 2.16. The van der Waals surface area contributed by atoms with Crippen LogP contribution in [0, 0.1) is 0 Å². The minimum atomic E-state index is -0.218. The Bertz CT molecular complexity index is 363. The Morgan fingerprint density at radius 3 is 3.13 bits per heavy atom. The van der Waals surface area contributed by atoms with Crippen LogP contribution in [0.3, 0.4) is 0 Å². The summed E-state index contributed by atoms with van der Waals surface area (Å²) >= 11 is 7.57. The number of carbonyl (C=O) groups is 1. The minimum Gasteiger partial charge on any atom is -0.302 e. The van der Waals surface area contributed by atoms with Crippen LogP contribution < -0.4 is 0 Å². The highest BCUT2D eigenvalue weighted by Crippen LogP contribution is 2.39. The van der Waals surface area contributed by atoms with E-state index in [-0.39, 0.29) is 4.75 Å². The van der Waals surface area contributed by atoms with Gasteiger partial charge in [-0.2, -0.15) is 0 Å². The van der Waals surface area contributed by atoms with Gasteiger partial charge in [-0.3, -0.25) is 0 Å². The first-order valence-corrected chi connectivity index (χ1v) is 6.31. The zero-order chi connectivity index (χ0) is 10.7. The number of thioether (sulfide) groups is 1. The lowest BCUT2D eigenvalue weighted by molar-refractivity contribution is -0.109.